The van der Waals surface area contributed by atoms with Gasteiger partial charge in [0.2, 0.25) is 0 Å². The molecular formula is C21H24N4O3. The molecule has 146 valence electrons. The largest absolute Gasteiger partial charge is 0.490 e. The highest BCUT2D eigenvalue weighted by Crippen LogP contribution is 2.29. The summed E-state index contributed by atoms with van der Waals surface area (Å²) in [6, 6.07) is 14.3. The first-order valence-corrected chi connectivity index (χ1v) is 9.26. The molecule has 0 fully saturated rings. The molecule has 1 aromatic heterocycles. The molecule has 0 aliphatic carbocycles. The first kappa shape index (κ1) is 19.4. The lowest BCUT2D eigenvalue weighted by Gasteiger charge is -2.17. The monoisotopic (exact) mass is 380 g/mol. The third kappa shape index (κ3) is 4.49. The van der Waals surface area contributed by atoms with Gasteiger partial charge in [-0.15, -0.1) is 0 Å². The summed E-state index contributed by atoms with van der Waals surface area (Å²) in [4.78, 5) is 17.4. The summed E-state index contributed by atoms with van der Waals surface area (Å²) in [5, 5.41) is 10.1. The van der Waals surface area contributed by atoms with Crippen molar-refractivity contribution in [3.63, 3.8) is 0 Å². The van der Waals surface area contributed by atoms with E-state index in [2.05, 4.69) is 20.5 Å². The van der Waals surface area contributed by atoms with Crippen molar-refractivity contribution >= 4 is 5.91 Å². The Labute approximate surface area is 164 Å². The van der Waals surface area contributed by atoms with Gasteiger partial charge in [0.1, 0.15) is 11.9 Å². The zero-order chi connectivity index (χ0) is 19.9. The van der Waals surface area contributed by atoms with Crippen molar-refractivity contribution in [2.24, 2.45) is 0 Å². The van der Waals surface area contributed by atoms with Crippen LogP contribution >= 0.6 is 0 Å². The van der Waals surface area contributed by atoms with Gasteiger partial charge >= 0.3 is 0 Å². The predicted octanol–water partition coefficient (Wildman–Crippen LogP) is 3.43. The van der Waals surface area contributed by atoms with Crippen LogP contribution in [0.25, 0.3) is 0 Å². The first-order chi connectivity index (χ1) is 13.6. The van der Waals surface area contributed by atoms with Crippen LogP contribution < -0.4 is 14.8 Å². The Morgan fingerprint density at radius 1 is 1.07 bits per heavy atom. The number of ether oxygens (including phenoxy) is 2. The molecule has 1 atom stereocenters. The van der Waals surface area contributed by atoms with Crippen LogP contribution in [0.2, 0.25) is 0 Å². The van der Waals surface area contributed by atoms with Crippen LogP contribution in [0.5, 0.6) is 11.5 Å². The number of hydrogen-bond donors (Lipinski definition) is 2. The summed E-state index contributed by atoms with van der Waals surface area (Å²) >= 11 is 0. The normalized spacial score (nSPS) is 11.7. The van der Waals surface area contributed by atoms with E-state index in [0.717, 1.165) is 5.56 Å². The van der Waals surface area contributed by atoms with Crippen LogP contribution in [0.4, 0.5) is 0 Å². The number of nitrogens with one attached hydrogen (secondary N) is 2. The number of H-pyrrole nitrogens is 1. The second-order valence-electron chi connectivity index (χ2n) is 6.12. The lowest BCUT2D eigenvalue weighted by Crippen LogP contribution is -2.30. The van der Waals surface area contributed by atoms with E-state index in [1.165, 1.54) is 0 Å². The van der Waals surface area contributed by atoms with Gasteiger partial charge in [-0.1, -0.05) is 30.3 Å². The van der Waals surface area contributed by atoms with Gasteiger partial charge in [0, 0.05) is 5.56 Å². The van der Waals surface area contributed by atoms with Gasteiger partial charge in [-0.05, 0) is 44.5 Å². The van der Waals surface area contributed by atoms with Crippen LogP contribution in [0.1, 0.15) is 47.5 Å². The zero-order valence-corrected chi connectivity index (χ0v) is 16.2. The summed E-state index contributed by atoms with van der Waals surface area (Å²) in [5.41, 5.74) is 1.37. The van der Waals surface area contributed by atoms with Crippen molar-refractivity contribution in [1.82, 2.24) is 20.5 Å². The van der Waals surface area contributed by atoms with Gasteiger partial charge in [0.15, 0.2) is 17.3 Å². The number of carbonyl (C=O) groups is 1. The molecule has 3 aromatic rings. The molecule has 2 aromatic carbocycles. The van der Waals surface area contributed by atoms with Crippen LogP contribution in [-0.4, -0.2) is 34.3 Å². The highest BCUT2D eigenvalue weighted by molar-refractivity contribution is 5.95. The maximum absolute atomic E-state index is 13.0. The highest BCUT2D eigenvalue weighted by Gasteiger charge is 2.22. The van der Waals surface area contributed by atoms with Crippen LogP contribution in [0, 0.1) is 6.92 Å². The molecule has 0 aliphatic rings. The Balaban J connectivity index is 1.89. The van der Waals surface area contributed by atoms with Crippen molar-refractivity contribution in [3.8, 4) is 11.5 Å². The Morgan fingerprint density at radius 2 is 1.79 bits per heavy atom. The van der Waals surface area contributed by atoms with Crippen molar-refractivity contribution < 1.29 is 14.3 Å². The predicted molar refractivity (Wildman–Crippen MR) is 106 cm³/mol. The van der Waals surface area contributed by atoms with E-state index in [4.69, 9.17) is 9.47 Å². The molecule has 0 radical (unpaired) electrons. The number of aromatic amines is 1. The zero-order valence-electron chi connectivity index (χ0n) is 16.2. The first-order valence-electron chi connectivity index (χ1n) is 9.26. The van der Waals surface area contributed by atoms with Gasteiger partial charge < -0.3 is 14.8 Å². The van der Waals surface area contributed by atoms with Gasteiger partial charge in [-0.2, -0.15) is 5.10 Å². The summed E-state index contributed by atoms with van der Waals surface area (Å²) in [6.07, 6.45) is 0. The van der Waals surface area contributed by atoms with Crippen LogP contribution in [0.3, 0.4) is 0 Å². The van der Waals surface area contributed by atoms with Crippen molar-refractivity contribution in [2.75, 3.05) is 13.2 Å². The van der Waals surface area contributed by atoms with Crippen molar-refractivity contribution in [2.45, 2.75) is 26.8 Å². The number of aromatic nitrogens is 3. The Hall–Kier alpha value is -3.35. The lowest BCUT2D eigenvalue weighted by molar-refractivity contribution is 0.0941. The fraction of sp³-hybridized carbons (Fsp3) is 0.286. The summed E-state index contributed by atoms with van der Waals surface area (Å²) in [5.74, 6) is 2.10. The number of benzene rings is 2. The number of amides is 1. The molecular weight excluding hydrogens is 356 g/mol. The molecule has 7 nitrogen and oxygen atoms in total. The average molecular weight is 380 g/mol. The number of nitrogens with zero attached hydrogens (tertiary/aromatic N) is 2. The van der Waals surface area contributed by atoms with Gasteiger partial charge in [0.05, 0.1) is 13.2 Å². The van der Waals surface area contributed by atoms with E-state index in [0.29, 0.717) is 41.9 Å². The second-order valence-corrected chi connectivity index (χ2v) is 6.12. The Kier molecular flexibility index (Phi) is 6.26. The van der Waals surface area contributed by atoms with E-state index in [-0.39, 0.29) is 5.91 Å². The van der Waals surface area contributed by atoms with E-state index in [1.54, 1.807) is 18.2 Å². The molecule has 0 bridgehead atoms. The molecule has 28 heavy (non-hydrogen) atoms. The van der Waals surface area contributed by atoms with Crippen LogP contribution in [0.15, 0.2) is 48.5 Å². The maximum Gasteiger partial charge on any atom is 0.252 e. The van der Waals surface area contributed by atoms with Gasteiger partial charge in [0.25, 0.3) is 5.91 Å². The standard InChI is InChI=1S/C21H24N4O3/c1-4-27-17-12-11-16(13-18(17)28-5-2)21(26)23-19(15-9-7-6-8-10-15)20-22-14(3)24-25-20/h6-13,19H,4-5H2,1-3H3,(H,23,26)(H,22,24,25). The average Bonchev–Trinajstić information content (AvgIpc) is 3.14. The lowest BCUT2D eigenvalue weighted by atomic mass is 10.1. The van der Waals surface area contributed by atoms with E-state index in [9.17, 15) is 4.79 Å². The summed E-state index contributed by atoms with van der Waals surface area (Å²) in [7, 11) is 0. The molecule has 1 amide bonds. The Morgan fingerprint density at radius 3 is 2.43 bits per heavy atom. The molecule has 0 spiro atoms. The molecule has 0 saturated heterocycles. The number of carbonyl (C=O) groups excluding carboxylic acids is 1. The van der Waals surface area contributed by atoms with Crippen LogP contribution in [-0.2, 0) is 0 Å². The third-order valence-corrected chi connectivity index (χ3v) is 4.09. The van der Waals surface area contributed by atoms with E-state index >= 15 is 0 Å². The molecule has 1 unspecified atom stereocenters. The molecule has 0 saturated carbocycles. The maximum atomic E-state index is 13.0. The smallest absolute Gasteiger partial charge is 0.252 e. The number of rotatable bonds is 8. The van der Waals surface area contributed by atoms with Gasteiger partial charge in [-0.3, -0.25) is 9.89 Å². The minimum absolute atomic E-state index is 0.250. The fourth-order valence-corrected chi connectivity index (χ4v) is 2.84. The number of hydrogen-bond acceptors (Lipinski definition) is 5. The molecule has 1 heterocycles. The molecule has 7 heteroatoms. The van der Waals surface area contributed by atoms with Crippen molar-refractivity contribution in [1.29, 1.82) is 0 Å². The van der Waals surface area contributed by atoms with Gasteiger partial charge in [-0.25, -0.2) is 4.98 Å². The van der Waals surface area contributed by atoms with Crippen molar-refractivity contribution in [3.05, 3.63) is 71.3 Å². The molecule has 2 N–H and O–H groups in total. The SMILES string of the molecule is CCOc1ccc(C(=O)NC(c2ccccc2)c2n[nH]c(C)n2)cc1OCC. The molecule has 3 rings (SSSR count). The Bertz CT molecular complexity index is 924. The minimum atomic E-state index is -0.472. The summed E-state index contributed by atoms with van der Waals surface area (Å²) in [6.45, 7) is 6.61. The topological polar surface area (TPSA) is 89.1 Å². The quantitative estimate of drug-likeness (QED) is 0.625. The summed E-state index contributed by atoms with van der Waals surface area (Å²) < 4.78 is 11.2. The highest BCUT2D eigenvalue weighted by atomic mass is 16.5. The number of aryl methyl sites for hydroxylation is 1. The third-order valence-electron chi connectivity index (χ3n) is 4.09. The molecule has 0 aliphatic heterocycles. The second kappa shape index (κ2) is 9.03. The fourth-order valence-electron chi connectivity index (χ4n) is 2.84. The van der Waals surface area contributed by atoms with E-state index in [1.807, 2.05) is 51.1 Å². The minimum Gasteiger partial charge on any atom is -0.490 e. The van der Waals surface area contributed by atoms with E-state index < -0.39 is 6.04 Å².